The second kappa shape index (κ2) is 9.01. The number of rotatable bonds is 6. The highest BCUT2D eigenvalue weighted by molar-refractivity contribution is 5.76. The topological polar surface area (TPSA) is 97.0 Å². The molecule has 1 atom stereocenters. The lowest BCUT2D eigenvalue weighted by Crippen LogP contribution is -2.44. The number of aliphatic hydroxyl groups is 1. The third-order valence-corrected chi connectivity index (χ3v) is 6.41. The molecule has 1 aliphatic heterocycles. The van der Waals surface area contributed by atoms with Crippen LogP contribution >= 0.6 is 0 Å². The van der Waals surface area contributed by atoms with Crippen LogP contribution in [0.1, 0.15) is 11.3 Å². The molecular formula is C26H26N6O3. The fourth-order valence-electron chi connectivity index (χ4n) is 4.63. The number of ether oxygens (including phenoxy) is 2. The molecule has 0 radical (unpaired) electrons. The van der Waals surface area contributed by atoms with Crippen molar-refractivity contribution in [2.45, 2.75) is 12.5 Å². The number of pyridine rings is 1. The van der Waals surface area contributed by atoms with E-state index in [1.54, 1.807) is 13.3 Å². The van der Waals surface area contributed by atoms with Crippen LogP contribution in [0.3, 0.4) is 0 Å². The fraction of sp³-hybridized carbons (Fsp3) is 0.269. The minimum Gasteiger partial charge on any atom is -0.495 e. The van der Waals surface area contributed by atoms with Gasteiger partial charge in [-0.25, -0.2) is 9.97 Å². The van der Waals surface area contributed by atoms with Gasteiger partial charge in [0.1, 0.15) is 5.75 Å². The molecule has 2 aliphatic rings. The molecule has 0 amide bonds. The van der Waals surface area contributed by atoms with Gasteiger partial charge in [0.05, 0.1) is 43.5 Å². The van der Waals surface area contributed by atoms with Crippen molar-refractivity contribution < 1.29 is 14.6 Å². The Bertz CT molecular complexity index is 1420. The normalized spacial score (nSPS) is 17.1. The zero-order valence-electron chi connectivity index (χ0n) is 19.4. The quantitative estimate of drug-likeness (QED) is 0.443. The van der Waals surface area contributed by atoms with Crippen LogP contribution in [0.5, 0.6) is 5.75 Å². The predicted octanol–water partition coefficient (Wildman–Crippen LogP) is 3.31. The number of hydrogen-bond acceptors (Lipinski definition) is 8. The maximum absolute atomic E-state index is 9.49. The summed E-state index contributed by atoms with van der Waals surface area (Å²) in [6.45, 7) is 1.91. The molecule has 0 spiro atoms. The largest absolute Gasteiger partial charge is 0.495 e. The SMILES string of the molecule is COc1cc(Nc2nc(-c3cnc4c(c3)CC=C4)cn3ccnc23)ccc1N1CCO[C@@H](CO)C1. The van der Waals surface area contributed by atoms with Crippen LogP contribution in [0.25, 0.3) is 23.0 Å². The summed E-state index contributed by atoms with van der Waals surface area (Å²) >= 11 is 0. The minimum absolute atomic E-state index is 0.00295. The predicted molar refractivity (Wildman–Crippen MR) is 134 cm³/mol. The summed E-state index contributed by atoms with van der Waals surface area (Å²) in [6, 6.07) is 8.12. The minimum atomic E-state index is -0.198. The summed E-state index contributed by atoms with van der Waals surface area (Å²) in [5.74, 6) is 1.38. The number of methoxy groups -OCH3 is 1. The first kappa shape index (κ1) is 21.6. The number of fused-ring (bicyclic) bond motifs is 2. The Hall–Kier alpha value is -3.95. The van der Waals surface area contributed by atoms with Crippen molar-refractivity contribution in [2.75, 3.05) is 43.6 Å². The van der Waals surface area contributed by atoms with Gasteiger partial charge in [0, 0.05) is 55.2 Å². The highest BCUT2D eigenvalue weighted by Gasteiger charge is 2.22. The summed E-state index contributed by atoms with van der Waals surface area (Å²) in [5, 5.41) is 12.9. The van der Waals surface area contributed by atoms with Crippen molar-refractivity contribution in [1.82, 2.24) is 19.4 Å². The summed E-state index contributed by atoms with van der Waals surface area (Å²) in [7, 11) is 1.66. The molecule has 3 aromatic heterocycles. The molecule has 178 valence electrons. The molecule has 9 heteroatoms. The monoisotopic (exact) mass is 470 g/mol. The molecule has 1 aliphatic carbocycles. The van der Waals surface area contributed by atoms with E-state index in [9.17, 15) is 5.11 Å². The van der Waals surface area contributed by atoms with Gasteiger partial charge in [0.15, 0.2) is 11.5 Å². The second-order valence-electron chi connectivity index (χ2n) is 8.64. The Labute approximate surface area is 202 Å². The maximum Gasteiger partial charge on any atom is 0.180 e. The van der Waals surface area contributed by atoms with Crippen LogP contribution in [0.4, 0.5) is 17.2 Å². The molecule has 4 heterocycles. The summed E-state index contributed by atoms with van der Waals surface area (Å²) in [6.07, 6.45) is 12.4. The average molecular weight is 471 g/mol. The third kappa shape index (κ3) is 4.09. The van der Waals surface area contributed by atoms with E-state index in [-0.39, 0.29) is 12.7 Å². The molecule has 2 N–H and O–H groups in total. The molecule has 0 saturated carbocycles. The number of benzene rings is 1. The molecule has 1 saturated heterocycles. The second-order valence-corrected chi connectivity index (χ2v) is 8.64. The first-order valence-electron chi connectivity index (χ1n) is 11.6. The number of aromatic nitrogens is 4. The highest BCUT2D eigenvalue weighted by Crippen LogP contribution is 2.34. The number of anilines is 3. The van der Waals surface area contributed by atoms with Gasteiger partial charge < -0.3 is 29.2 Å². The number of aliphatic hydroxyl groups excluding tert-OH is 1. The molecule has 1 aromatic carbocycles. The lowest BCUT2D eigenvalue weighted by Gasteiger charge is -2.34. The zero-order chi connectivity index (χ0) is 23.8. The Morgan fingerprint density at radius 3 is 3.09 bits per heavy atom. The highest BCUT2D eigenvalue weighted by atomic mass is 16.5. The van der Waals surface area contributed by atoms with Crippen LogP contribution in [-0.2, 0) is 11.2 Å². The number of nitrogens with one attached hydrogen (secondary N) is 1. The van der Waals surface area contributed by atoms with Crippen molar-refractivity contribution >= 4 is 28.9 Å². The van der Waals surface area contributed by atoms with E-state index in [1.807, 2.05) is 41.2 Å². The van der Waals surface area contributed by atoms with Crippen molar-refractivity contribution in [2.24, 2.45) is 0 Å². The summed E-state index contributed by atoms with van der Waals surface area (Å²) in [4.78, 5) is 16.2. The number of hydrogen-bond donors (Lipinski definition) is 2. The number of allylic oxidation sites excluding steroid dienone is 1. The molecule has 0 unspecified atom stereocenters. The van der Waals surface area contributed by atoms with Crippen molar-refractivity contribution in [3.05, 3.63) is 66.4 Å². The Balaban J connectivity index is 1.32. The van der Waals surface area contributed by atoms with Crippen LogP contribution in [0.2, 0.25) is 0 Å². The first-order chi connectivity index (χ1) is 17.2. The van der Waals surface area contributed by atoms with E-state index < -0.39 is 0 Å². The van der Waals surface area contributed by atoms with Gasteiger partial charge in [0.25, 0.3) is 0 Å². The number of imidazole rings is 1. The van der Waals surface area contributed by atoms with Gasteiger partial charge in [-0.1, -0.05) is 6.08 Å². The Morgan fingerprint density at radius 1 is 1.26 bits per heavy atom. The maximum atomic E-state index is 9.49. The van der Waals surface area contributed by atoms with Gasteiger partial charge in [0.2, 0.25) is 0 Å². The zero-order valence-corrected chi connectivity index (χ0v) is 19.4. The standard InChI is InChI=1S/C26H26N6O3/c1-34-24-12-19(5-6-23(24)31-9-10-35-20(14-31)16-33)29-25-26-27-7-8-32(26)15-22(30-25)18-11-17-3-2-4-21(17)28-13-18/h2,4-8,11-13,15,20,33H,3,9-10,14,16H2,1H3,(H,29,30)/t20-/m1/s1. The van der Waals surface area contributed by atoms with E-state index in [0.717, 1.165) is 52.7 Å². The number of morpholine rings is 1. The molecular weight excluding hydrogens is 444 g/mol. The van der Waals surface area contributed by atoms with Crippen molar-refractivity contribution in [3.8, 4) is 17.0 Å². The lowest BCUT2D eigenvalue weighted by atomic mass is 10.1. The summed E-state index contributed by atoms with van der Waals surface area (Å²) in [5.41, 5.74) is 6.53. The van der Waals surface area contributed by atoms with Gasteiger partial charge in [-0.2, -0.15) is 0 Å². The molecule has 4 aromatic rings. The molecule has 9 nitrogen and oxygen atoms in total. The van der Waals surface area contributed by atoms with E-state index >= 15 is 0 Å². The van der Waals surface area contributed by atoms with Gasteiger partial charge in [-0.15, -0.1) is 0 Å². The van der Waals surface area contributed by atoms with E-state index in [1.165, 1.54) is 5.56 Å². The fourth-order valence-corrected chi connectivity index (χ4v) is 4.63. The number of nitrogens with zero attached hydrogens (tertiary/aromatic N) is 5. The third-order valence-electron chi connectivity index (χ3n) is 6.41. The average Bonchev–Trinajstić information content (AvgIpc) is 3.57. The van der Waals surface area contributed by atoms with E-state index in [4.69, 9.17) is 14.5 Å². The van der Waals surface area contributed by atoms with Gasteiger partial charge >= 0.3 is 0 Å². The summed E-state index contributed by atoms with van der Waals surface area (Å²) < 4.78 is 13.3. The van der Waals surface area contributed by atoms with E-state index in [2.05, 4.69) is 38.4 Å². The van der Waals surface area contributed by atoms with Crippen LogP contribution in [0.15, 0.2) is 55.1 Å². The van der Waals surface area contributed by atoms with Gasteiger partial charge in [-0.05, 0) is 36.3 Å². The van der Waals surface area contributed by atoms with E-state index in [0.29, 0.717) is 19.0 Å². The smallest absolute Gasteiger partial charge is 0.180 e. The molecule has 6 rings (SSSR count). The van der Waals surface area contributed by atoms with Crippen LogP contribution in [-0.4, -0.2) is 64.0 Å². The first-order valence-corrected chi connectivity index (χ1v) is 11.6. The van der Waals surface area contributed by atoms with Crippen molar-refractivity contribution in [1.29, 1.82) is 0 Å². The molecule has 1 fully saturated rings. The van der Waals surface area contributed by atoms with Gasteiger partial charge in [-0.3, -0.25) is 4.98 Å². The van der Waals surface area contributed by atoms with Crippen molar-refractivity contribution in [3.63, 3.8) is 0 Å². The lowest BCUT2D eigenvalue weighted by molar-refractivity contribution is 0.00347. The Kier molecular flexibility index (Phi) is 5.55. The molecule has 35 heavy (non-hydrogen) atoms. The molecule has 0 bridgehead atoms. The Morgan fingerprint density at radius 2 is 2.20 bits per heavy atom. The van der Waals surface area contributed by atoms with Crippen LogP contribution < -0.4 is 15.0 Å². The van der Waals surface area contributed by atoms with Crippen LogP contribution in [0, 0.1) is 0 Å².